The first-order chi connectivity index (χ1) is 12.4. The second-order valence-corrected chi connectivity index (χ2v) is 6.44. The SMILES string of the molecule is CCNC(=NCCCc1ccccc1)NCCCCN1CCOCC1. The molecule has 0 aromatic heterocycles. The minimum atomic E-state index is 0.859. The molecule has 25 heavy (non-hydrogen) atoms. The third-order valence-electron chi connectivity index (χ3n) is 4.38. The van der Waals surface area contributed by atoms with Crippen molar-refractivity contribution in [2.24, 2.45) is 4.99 Å². The van der Waals surface area contributed by atoms with Crippen LogP contribution in [0.3, 0.4) is 0 Å². The van der Waals surface area contributed by atoms with Gasteiger partial charge < -0.3 is 15.4 Å². The van der Waals surface area contributed by atoms with Crippen molar-refractivity contribution in [1.29, 1.82) is 0 Å². The number of hydrogen-bond acceptors (Lipinski definition) is 3. The summed E-state index contributed by atoms with van der Waals surface area (Å²) in [5, 5.41) is 6.79. The average Bonchev–Trinajstić information content (AvgIpc) is 2.66. The van der Waals surface area contributed by atoms with Crippen molar-refractivity contribution in [1.82, 2.24) is 15.5 Å². The minimum Gasteiger partial charge on any atom is -0.379 e. The van der Waals surface area contributed by atoms with Crippen molar-refractivity contribution >= 4 is 5.96 Å². The largest absolute Gasteiger partial charge is 0.379 e. The quantitative estimate of drug-likeness (QED) is 0.388. The Labute approximate surface area is 152 Å². The van der Waals surface area contributed by atoms with E-state index in [9.17, 15) is 0 Å². The number of guanidine groups is 1. The molecule has 1 saturated heterocycles. The van der Waals surface area contributed by atoms with Gasteiger partial charge in [0.15, 0.2) is 5.96 Å². The van der Waals surface area contributed by atoms with Crippen molar-refractivity contribution in [2.75, 3.05) is 52.5 Å². The molecule has 0 amide bonds. The highest BCUT2D eigenvalue weighted by Gasteiger charge is 2.08. The van der Waals surface area contributed by atoms with Gasteiger partial charge in [-0.15, -0.1) is 0 Å². The van der Waals surface area contributed by atoms with Gasteiger partial charge in [0.1, 0.15) is 0 Å². The molecule has 140 valence electrons. The molecule has 1 aliphatic heterocycles. The number of unbranched alkanes of at least 4 members (excludes halogenated alkanes) is 1. The summed E-state index contributed by atoms with van der Waals surface area (Å²) in [4.78, 5) is 7.18. The van der Waals surface area contributed by atoms with Gasteiger partial charge in [0.2, 0.25) is 0 Å². The van der Waals surface area contributed by atoms with Gasteiger partial charge in [-0.2, -0.15) is 0 Å². The molecule has 1 aliphatic rings. The van der Waals surface area contributed by atoms with Gasteiger partial charge in [-0.1, -0.05) is 30.3 Å². The van der Waals surface area contributed by atoms with Crippen LogP contribution in [0.5, 0.6) is 0 Å². The maximum atomic E-state index is 5.38. The molecule has 0 spiro atoms. The lowest BCUT2D eigenvalue weighted by Crippen LogP contribution is -2.39. The molecule has 1 aromatic rings. The van der Waals surface area contributed by atoms with Crippen LogP contribution in [0.25, 0.3) is 0 Å². The summed E-state index contributed by atoms with van der Waals surface area (Å²) in [7, 11) is 0. The lowest BCUT2D eigenvalue weighted by atomic mass is 10.1. The first-order valence-corrected chi connectivity index (χ1v) is 9.74. The predicted molar refractivity (Wildman–Crippen MR) is 105 cm³/mol. The number of rotatable bonds is 10. The second-order valence-electron chi connectivity index (χ2n) is 6.44. The number of benzene rings is 1. The van der Waals surface area contributed by atoms with Gasteiger partial charge in [-0.3, -0.25) is 9.89 Å². The van der Waals surface area contributed by atoms with Crippen molar-refractivity contribution in [3.63, 3.8) is 0 Å². The molecule has 0 radical (unpaired) electrons. The van der Waals surface area contributed by atoms with E-state index in [4.69, 9.17) is 4.74 Å². The van der Waals surface area contributed by atoms with E-state index in [2.05, 4.69) is 57.8 Å². The molecule has 0 saturated carbocycles. The van der Waals surface area contributed by atoms with Gasteiger partial charge in [-0.25, -0.2) is 0 Å². The van der Waals surface area contributed by atoms with Crippen LogP contribution in [-0.2, 0) is 11.2 Å². The Morgan fingerprint density at radius 1 is 1.08 bits per heavy atom. The number of nitrogens with one attached hydrogen (secondary N) is 2. The molecular weight excluding hydrogens is 312 g/mol. The minimum absolute atomic E-state index is 0.859. The van der Waals surface area contributed by atoms with Gasteiger partial charge in [0.05, 0.1) is 13.2 Å². The number of nitrogens with zero attached hydrogens (tertiary/aromatic N) is 2. The van der Waals surface area contributed by atoms with Gasteiger partial charge in [-0.05, 0) is 44.7 Å². The van der Waals surface area contributed by atoms with Gasteiger partial charge >= 0.3 is 0 Å². The fourth-order valence-electron chi connectivity index (χ4n) is 2.95. The summed E-state index contributed by atoms with van der Waals surface area (Å²) in [6.45, 7) is 9.97. The van der Waals surface area contributed by atoms with Crippen LogP contribution in [-0.4, -0.2) is 63.3 Å². The maximum Gasteiger partial charge on any atom is 0.191 e. The standard InChI is InChI=1S/C20H34N4O/c1-2-21-20(23-13-8-11-19-9-4-3-5-10-19)22-12-6-7-14-24-15-17-25-18-16-24/h3-5,9-10H,2,6-8,11-18H2,1H3,(H2,21,22,23). The Balaban J connectivity index is 1.56. The van der Waals surface area contributed by atoms with Crippen LogP contribution in [0.15, 0.2) is 35.3 Å². The summed E-state index contributed by atoms with van der Waals surface area (Å²) in [5.41, 5.74) is 1.39. The molecule has 1 heterocycles. The van der Waals surface area contributed by atoms with Crippen LogP contribution in [0, 0.1) is 0 Å². The lowest BCUT2D eigenvalue weighted by molar-refractivity contribution is 0.0372. The third kappa shape index (κ3) is 8.89. The van der Waals surface area contributed by atoms with E-state index in [0.717, 1.165) is 64.7 Å². The number of morpholine rings is 1. The van der Waals surface area contributed by atoms with E-state index in [0.29, 0.717) is 0 Å². The van der Waals surface area contributed by atoms with Crippen LogP contribution in [0.4, 0.5) is 0 Å². The molecule has 1 aromatic carbocycles. The summed E-state index contributed by atoms with van der Waals surface area (Å²) in [6.07, 6.45) is 4.56. The topological polar surface area (TPSA) is 48.9 Å². The first kappa shape index (κ1) is 19.7. The third-order valence-corrected chi connectivity index (χ3v) is 4.38. The Hall–Kier alpha value is -1.59. The highest BCUT2D eigenvalue weighted by Crippen LogP contribution is 2.02. The molecule has 2 rings (SSSR count). The smallest absolute Gasteiger partial charge is 0.191 e. The Morgan fingerprint density at radius 3 is 2.64 bits per heavy atom. The molecule has 0 unspecified atom stereocenters. The summed E-state index contributed by atoms with van der Waals surface area (Å²) >= 11 is 0. The summed E-state index contributed by atoms with van der Waals surface area (Å²) in [5.74, 6) is 0.946. The molecule has 5 nitrogen and oxygen atoms in total. The number of aryl methyl sites for hydroxylation is 1. The molecular formula is C20H34N4O. The van der Waals surface area contributed by atoms with Crippen LogP contribution in [0.1, 0.15) is 31.7 Å². The maximum absolute atomic E-state index is 5.38. The van der Waals surface area contributed by atoms with E-state index in [1.54, 1.807) is 0 Å². The van der Waals surface area contributed by atoms with Crippen LogP contribution in [0.2, 0.25) is 0 Å². The van der Waals surface area contributed by atoms with E-state index in [-0.39, 0.29) is 0 Å². The second kappa shape index (κ2) is 12.7. The monoisotopic (exact) mass is 346 g/mol. The summed E-state index contributed by atoms with van der Waals surface area (Å²) in [6, 6.07) is 10.6. The molecule has 1 fully saturated rings. The zero-order valence-corrected chi connectivity index (χ0v) is 15.7. The molecule has 0 aliphatic carbocycles. The number of aliphatic imine (C=N–C) groups is 1. The first-order valence-electron chi connectivity index (χ1n) is 9.74. The van der Waals surface area contributed by atoms with Crippen molar-refractivity contribution < 1.29 is 4.74 Å². The zero-order valence-electron chi connectivity index (χ0n) is 15.7. The lowest BCUT2D eigenvalue weighted by Gasteiger charge is -2.26. The average molecular weight is 347 g/mol. The van der Waals surface area contributed by atoms with E-state index in [1.165, 1.54) is 24.9 Å². The highest BCUT2D eigenvalue weighted by atomic mass is 16.5. The normalized spacial score (nSPS) is 16.0. The Kier molecular flexibility index (Phi) is 10.0. The zero-order chi connectivity index (χ0) is 17.6. The van der Waals surface area contributed by atoms with Crippen molar-refractivity contribution in [3.05, 3.63) is 35.9 Å². The summed E-state index contributed by atoms with van der Waals surface area (Å²) < 4.78 is 5.38. The predicted octanol–water partition coefficient (Wildman–Crippen LogP) is 2.29. The fourth-order valence-corrected chi connectivity index (χ4v) is 2.95. The van der Waals surface area contributed by atoms with E-state index < -0.39 is 0 Å². The number of ether oxygens (including phenoxy) is 1. The fraction of sp³-hybridized carbons (Fsp3) is 0.650. The van der Waals surface area contributed by atoms with Crippen LogP contribution < -0.4 is 10.6 Å². The molecule has 0 atom stereocenters. The number of hydrogen-bond donors (Lipinski definition) is 2. The highest BCUT2D eigenvalue weighted by molar-refractivity contribution is 5.79. The van der Waals surface area contributed by atoms with Crippen molar-refractivity contribution in [3.8, 4) is 0 Å². The van der Waals surface area contributed by atoms with E-state index in [1.807, 2.05) is 0 Å². The molecule has 2 N–H and O–H groups in total. The molecule has 5 heteroatoms. The van der Waals surface area contributed by atoms with Crippen LogP contribution >= 0.6 is 0 Å². The Bertz CT molecular complexity index is 472. The Morgan fingerprint density at radius 2 is 1.88 bits per heavy atom. The van der Waals surface area contributed by atoms with Crippen molar-refractivity contribution in [2.45, 2.75) is 32.6 Å². The molecule has 0 bridgehead atoms. The van der Waals surface area contributed by atoms with Gasteiger partial charge in [0.25, 0.3) is 0 Å². The van der Waals surface area contributed by atoms with Gasteiger partial charge in [0, 0.05) is 32.7 Å². The van der Waals surface area contributed by atoms with E-state index >= 15 is 0 Å².